The summed E-state index contributed by atoms with van der Waals surface area (Å²) >= 11 is 0. The number of aliphatic carboxylic acids is 1. The van der Waals surface area contributed by atoms with E-state index in [1.54, 1.807) is 24.1 Å². The highest BCUT2D eigenvalue weighted by atomic mass is 19.1. The molecule has 4 aromatic rings. The second-order valence-electron chi connectivity index (χ2n) is 9.12. The normalized spacial score (nSPS) is 24.6. The molecule has 8 nitrogen and oxygen atoms in total. The summed E-state index contributed by atoms with van der Waals surface area (Å²) in [6.07, 6.45) is 7.04. The third kappa shape index (κ3) is 3.07. The summed E-state index contributed by atoms with van der Waals surface area (Å²) in [4.78, 5) is 24.3. The van der Waals surface area contributed by atoms with E-state index in [0.717, 1.165) is 31.7 Å². The van der Waals surface area contributed by atoms with E-state index in [1.165, 1.54) is 6.07 Å². The van der Waals surface area contributed by atoms with E-state index in [2.05, 4.69) is 20.4 Å². The smallest absolute Gasteiger partial charge is 0.308 e. The second-order valence-corrected chi connectivity index (χ2v) is 9.12. The van der Waals surface area contributed by atoms with Gasteiger partial charge in [0.05, 0.1) is 23.0 Å². The molecule has 0 spiro atoms. The molecule has 10 heteroatoms. The molecule has 3 aliphatic carbocycles. The third-order valence-electron chi connectivity index (χ3n) is 7.35. The van der Waals surface area contributed by atoms with Crippen LogP contribution in [0.4, 0.5) is 14.6 Å². The molecule has 0 radical (unpaired) electrons. The number of nitrogens with zero attached hydrogens (tertiary/aromatic N) is 4. The summed E-state index contributed by atoms with van der Waals surface area (Å²) in [5.74, 6) is -1.51. The summed E-state index contributed by atoms with van der Waals surface area (Å²) in [5, 5.41) is 18.7. The van der Waals surface area contributed by atoms with Crippen LogP contribution in [-0.4, -0.2) is 41.9 Å². The highest BCUT2D eigenvalue weighted by Crippen LogP contribution is 2.46. The van der Waals surface area contributed by atoms with Crippen LogP contribution in [0, 0.1) is 29.4 Å². The molecule has 3 fully saturated rings. The minimum Gasteiger partial charge on any atom is -0.481 e. The number of hydrogen-bond acceptors (Lipinski definition) is 5. The van der Waals surface area contributed by atoms with Gasteiger partial charge in [-0.05, 0) is 43.6 Å². The molecule has 0 saturated heterocycles. The van der Waals surface area contributed by atoms with Gasteiger partial charge < -0.3 is 15.4 Å². The topological polar surface area (TPSA) is 109 Å². The Morgan fingerprint density at radius 1 is 1.15 bits per heavy atom. The van der Waals surface area contributed by atoms with Crippen molar-refractivity contribution in [1.82, 2.24) is 24.7 Å². The van der Waals surface area contributed by atoms with Crippen LogP contribution in [0.15, 0.2) is 24.5 Å². The molecule has 3 N–H and O–H groups in total. The van der Waals surface area contributed by atoms with Crippen molar-refractivity contribution in [1.29, 1.82) is 0 Å². The Morgan fingerprint density at radius 3 is 2.67 bits per heavy atom. The fraction of sp³-hybridized carbons (Fsp3) is 0.391. The number of fused-ring (bicyclic) bond motifs is 5. The number of aryl methyl sites for hydroxylation is 1. The molecule has 0 amide bonds. The largest absolute Gasteiger partial charge is 0.481 e. The molecule has 3 heterocycles. The number of halogens is 2. The van der Waals surface area contributed by atoms with E-state index in [0.29, 0.717) is 27.8 Å². The SMILES string of the molecule is Cn1ncc2c(NC3C4CCC(CC4)C3C(=O)O)nc(-c3c[nH]c4c(F)cc(F)cc34)nc21. The summed E-state index contributed by atoms with van der Waals surface area (Å²) in [7, 11) is 1.75. The lowest BCUT2D eigenvalue weighted by Crippen LogP contribution is -2.51. The summed E-state index contributed by atoms with van der Waals surface area (Å²) in [6.45, 7) is 0. The monoisotopic (exact) mass is 452 g/mol. The van der Waals surface area contributed by atoms with E-state index in [4.69, 9.17) is 4.98 Å². The minimum atomic E-state index is -0.791. The fourth-order valence-corrected chi connectivity index (χ4v) is 5.76. The molecular formula is C23H22F2N6O2. The van der Waals surface area contributed by atoms with Gasteiger partial charge in [0.1, 0.15) is 17.5 Å². The molecule has 170 valence electrons. The number of aromatic nitrogens is 5. The second kappa shape index (κ2) is 7.23. The van der Waals surface area contributed by atoms with E-state index < -0.39 is 23.5 Å². The van der Waals surface area contributed by atoms with E-state index in [9.17, 15) is 18.7 Å². The highest BCUT2D eigenvalue weighted by Gasteiger charge is 2.47. The number of benzene rings is 1. The van der Waals surface area contributed by atoms with Crippen LogP contribution in [-0.2, 0) is 11.8 Å². The van der Waals surface area contributed by atoms with Crippen molar-refractivity contribution in [3.8, 4) is 11.4 Å². The van der Waals surface area contributed by atoms with Gasteiger partial charge in [-0.25, -0.2) is 18.7 Å². The number of hydrogen-bond donors (Lipinski definition) is 3. The van der Waals surface area contributed by atoms with E-state index in [1.807, 2.05) is 0 Å². The lowest BCUT2D eigenvalue weighted by atomic mass is 9.61. The maximum atomic E-state index is 14.2. The predicted octanol–water partition coefficient (Wildman–Crippen LogP) is 4.09. The Bertz CT molecular complexity index is 1410. The predicted molar refractivity (Wildman–Crippen MR) is 117 cm³/mol. The quantitative estimate of drug-likeness (QED) is 0.430. The Kier molecular flexibility index (Phi) is 4.40. The Hall–Kier alpha value is -3.56. The number of carbonyl (C=O) groups is 1. The molecule has 1 aromatic carbocycles. The molecule has 7 rings (SSSR count). The van der Waals surface area contributed by atoms with Crippen LogP contribution in [0.3, 0.4) is 0 Å². The van der Waals surface area contributed by atoms with Gasteiger partial charge in [-0.2, -0.15) is 5.10 Å². The van der Waals surface area contributed by atoms with E-state index >= 15 is 0 Å². The Labute approximate surface area is 187 Å². The maximum absolute atomic E-state index is 14.2. The zero-order chi connectivity index (χ0) is 22.9. The molecule has 2 bridgehead atoms. The van der Waals surface area contributed by atoms with Gasteiger partial charge in [0.25, 0.3) is 0 Å². The molecule has 3 aliphatic rings. The first kappa shape index (κ1) is 20.1. The number of H-pyrrole nitrogens is 1. The summed E-state index contributed by atoms with van der Waals surface area (Å²) in [5.41, 5.74) is 1.17. The summed E-state index contributed by atoms with van der Waals surface area (Å²) < 4.78 is 29.8. The van der Waals surface area contributed by atoms with Gasteiger partial charge in [0.2, 0.25) is 0 Å². The van der Waals surface area contributed by atoms with Crippen LogP contribution in [0.5, 0.6) is 0 Å². The van der Waals surface area contributed by atoms with Crippen molar-refractivity contribution in [2.24, 2.45) is 24.8 Å². The first-order valence-electron chi connectivity index (χ1n) is 11.1. The molecule has 3 saturated carbocycles. The standard InChI is InChI=1S/C23H22F2N6O2/c1-31-22-15(9-27-31)21(28-18-11-4-2-10(3-5-11)17(18)23(32)33)29-20(30-22)14-8-26-19-13(14)6-12(24)7-16(19)25/h6-11,17-18,26H,2-5H2,1H3,(H,32,33)(H,28,29,30). The molecule has 2 atom stereocenters. The van der Waals surface area contributed by atoms with Crippen molar-refractivity contribution in [2.45, 2.75) is 31.7 Å². The van der Waals surface area contributed by atoms with Gasteiger partial charge in [-0.1, -0.05) is 0 Å². The van der Waals surface area contributed by atoms with Crippen LogP contribution >= 0.6 is 0 Å². The van der Waals surface area contributed by atoms with E-state index in [-0.39, 0.29) is 29.2 Å². The van der Waals surface area contributed by atoms with Crippen molar-refractivity contribution in [2.75, 3.05) is 5.32 Å². The van der Waals surface area contributed by atoms with Crippen LogP contribution in [0.2, 0.25) is 0 Å². The third-order valence-corrected chi connectivity index (χ3v) is 7.35. The average Bonchev–Trinajstić information content (AvgIpc) is 3.38. The number of anilines is 1. The van der Waals surface area contributed by atoms with Gasteiger partial charge >= 0.3 is 5.97 Å². The Morgan fingerprint density at radius 2 is 1.91 bits per heavy atom. The first-order valence-corrected chi connectivity index (χ1v) is 11.1. The molecule has 2 unspecified atom stereocenters. The molecule has 33 heavy (non-hydrogen) atoms. The number of carboxylic acids is 1. The van der Waals surface area contributed by atoms with Gasteiger partial charge in [-0.3, -0.25) is 9.48 Å². The fourth-order valence-electron chi connectivity index (χ4n) is 5.76. The molecule has 0 aliphatic heterocycles. The summed E-state index contributed by atoms with van der Waals surface area (Å²) in [6, 6.07) is 1.82. The zero-order valence-electron chi connectivity index (χ0n) is 17.8. The number of carboxylic acid groups (broad SMARTS) is 1. The lowest BCUT2D eigenvalue weighted by Gasteiger charge is -2.47. The number of rotatable bonds is 4. The molecule has 3 aromatic heterocycles. The van der Waals surface area contributed by atoms with Crippen LogP contribution < -0.4 is 5.32 Å². The maximum Gasteiger partial charge on any atom is 0.308 e. The minimum absolute atomic E-state index is 0.148. The van der Waals surface area contributed by atoms with Gasteiger partial charge in [-0.15, -0.1) is 0 Å². The van der Waals surface area contributed by atoms with Crippen LogP contribution in [0.25, 0.3) is 33.3 Å². The van der Waals surface area contributed by atoms with Crippen molar-refractivity contribution >= 4 is 33.7 Å². The highest BCUT2D eigenvalue weighted by molar-refractivity contribution is 5.96. The number of aromatic amines is 1. The van der Waals surface area contributed by atoms with Gasteiger partial charge in [0.15, 0.2) is 11.5 Å². The van der Waals surface area contributed by atoms with Gasteiger partial charge in [0, 0.05) is 36.3 Å². The van der Waals surface area contributed by atoms with Crippen LogP contribution in [0.1, 0.15) is 25.7 Å². The van der Waals surface area contributed by atoms with Crippen molar-refractivity contribution < 1.29 is 18.7 Å². The first-order chi connectivity index (χ1) is 15.9. The number of nitrogens with one attached hydrogen (secondary N) is 2. The average molecular weight is 452 g/mol. The zero-order valence-corrected chi connectivity index (χ0v) is 17.8. The van der Waals surface area contributed by atoms with Crippen molar-refractivity contribution in [3.05, 3.63) is 36.2 Å². The van der Waals surface area contributed by atoms with Crippen molar-refractivity contribution in [3.63, 3.8) is 0 Å². The Balaban J connectivity index is 1.49. The molecular weight excluding hydrogens is 430 g/mol. The lowest BCUT2D eigenvalue weighted by molar-refractivity contribution is -0.148.